The van der Waals surface area contributed by atoms with Crippen LogP contribution in [0, 0.1) is 6.92 Å². The number of aromatic nitrogens is 1. The molecule has 184 valence electrons. The quantitative estimate of drug-likeness (QED) is 0.369. The van der Waals surface area contributed by atoms with E-state index in [2.05, 4.69) is 4.98 Å². The number of hydrogen-bond donors (Lipinski definition) is 0. The predicted molar refractivity (Wildman–Crippen MR) is 133 cm³/mol. The Kier molecular flexibility index (Phi) is 6.33. The van der Waals surface area contributed by atoms with Crippen LogP contribution in [-0.4, -0.2) is 49.1 Å². The molecule has 1 aliphatic rings. The van der Waals surface area contributed by atoms with E-state index in [-0.39, 0.29) is 12.5 Å². The lowest BCUT2D eigenvalue weighted by molar-refractivity contribution is -0.135. The molecule has 8 nitrogen and oxygen atoms in total. The summed E-state index contributed by atoms with van der Waals surface area (Å²) < 4.78 is 22.0. The van der Waals surface area contributed by atoms with Crippen LogP contribution >= 0.6 is 0 Å². The van der Waals surface area contributed by atoms with Crippen LogP contribution in [-0.2, 0) is 22.5 Å². The Morgan fingerprint density at radius 3 is 2.47 bits per heavy atom. The van der Waals surface area contributed by atoms with Crippen LogP contribution in [0.5, 0.6) is 11.5 Å². The van der Waals surface area contributed by atoms with E-state index in [1.807, 2.05) is 49.4 Å². The molecule has 0 aliphatic carbocycles. The number of rotatable bonds is 6. The molecule has 2 aromatic carbocycles. The first-order valence-electron chi connectivity index (χ1n) is 11.6. The average Bonchev–Trinajstić information content (AvgIpc) is 3.35. The zero-order chi connectivity index (χ0) is 25.2. The first-order valence-corrected chi connectivity index (χ1v) is 11.6. The van der Waals surface area contributed by atoms with Gasteiger partial charge in [0.15, 0.2) is 23.9 Å². The van der Waals surface area contributed by atoms with Crippen molar-refractivity contribution in [2.45, 2.75) is 19.9 Å². The molecule has 8 heteroatoms. The number of carbonyl (C=O) groups is 2. The van der Waals surface area contributed by atoms with E-state index < -0.39 is 5.97 Å². The Hall–Kier alpha value is -4.33. The molecule has 4 aromatic rings. The van der Waals surface area contributed by atoms with Crippen LogP contribution in [0.3, 0.4) is 0 Å². The number of carbonyl (C=O) groups excluding carboxylic acids is 2. The first-order chi connectivity index (χ1) is 17.5. The molecule has 3 heterocycles. The summed E-state index contributed by atoms with van der Waals surface area (Å²) >= 11 is 0. The molecule has 36 heavy (non-hydrogen) atoms. The molecule has 0 atom stereocenters. The van der Waals surface area contributed by atoms with Crippen molar-refractivity contribution in [2.24, 2.45) is 0 Å². The molecule has 0 saturated carbocycles. The van der Waals surface area contributed by atoms with Crippen molar-refractivity contribution in [1.82, 2.24) is 9.88 Å². The molecule has 0 unspecified atom stereocenters. The van der Waals surface area contributed by atoms with Crippen molar-refractivity contribution in [3.05, 3.63) is 77.0 Å². The first kappa shape index (κ1) is 23.4. The zero-order valence-corrected chi connectivity index (χ0v) is 20.4. The Balaban J connectivity index is 1.32. The van der Waals surface area contributed by atoms with Gasteiger partial charge in [0.05, 0.1) is 25.3 Å². The molecule has 1 aliphatic heterocycles. The number of benzene rings is 2. The number of aryl methyl sites for hydroxylation is 1. The number of furan rings is 1. The van der Waals surface area contributed by atoms with Gasteiger partial charge >= 0.3 is 5.97 Å². The Morgan fingerprint density at radius 2 is 1.75 bits per heavy atom. The minimum Gasteiger partial charge on any atom is -0.493 e. The Bertz CT molecular complexity index is 1460. The summed E-state index contributed by atoms with van der Waals surface area (Å²) in [7, 11) is 3.18. The third kappa shape index (κ3) is 4.49. The second-order valence-electron chi connectivity index (χ2n) is 8.60. The third-order valence-corrected chi connectivity index (χ3v) is 6.33. The van der Waals surface area contributed by atoms with Crippen LogP contribution in [0.4, 0.5) is 0 Å². The van der Waals surface area contributed by atoms with Gasteiger partial charge in [0.2, 0.25) is 0 Å². The van der Waals surface area contributed by atoms with E-state index in [9.17, 15) is 9.59 Å². The monoisotopic (exact) mass is 486 g/mol. The number of ether oxygens (including phenoxy) is 3. The molecule has 5 rings (SSSR count). The summed E-state index contributed by atoms with van der Waals surface area (Å²) in [5.41, 5.74) is 3.59. The minimum absolute atomic E-state index is 0.260. The molecule has 0 spiro atoms. The fourth-order valence-corrected chi connectivity index (χ4v) is 4.44. The standard InChI is InChI=1S/C28H26N2O6/c1-17-8-9-24(36-17)23-14-21(20-6-4-5-7-22(20)29-23)28(32)35-16-27(31)30-11-10-18-12-25(33-2)26(34-3)13-19(18)15-30/h4-9,12-14H,10-11,15-16H2,1-3H3. The van der Waals surface area contributed by atoms with Crippen molar-refractivity contribution in [2.75, 3.05) is 27.4 Å². The average molecular weight is 487 g/mol. The van der Waals surface area contributed by atoms with Crippen molar-refractivity contribution < 1.29 is 28.2 Å². The number of para-hydroxylation sites is 1. The van der Waals surface area contributed by atoms with Crippen LogP contribution in [0.2, 0.25) is 0 Å². The van der Waals surface area contributed by atoms with Gasteiger partial charge in [0, 0.05) is 18.5 Å². The highest BCUT2D eigenvalue weighted by atomic mass is 16.5. The largest absolute Gasteiger partial charge is 0.493 e. The summed E-state index contributed by atoms with van der Waals surface area (Å²) in [6, 6.07) is 16.4. The van der Waals surface area contributed by atoms with Crippen LogP contribution in [0.15, 0.2) is 59.0 Å². The fourth-order valence-electron chi connectivity index (χ4n) is 4.44. The molecule has 0 bridgehead atoms. The summed E-state index contributed by atoms with van der Waals surface area (Å²) in [5, 5.41) is 0.648. The van der Waals surface area contributed by atoms with Gasteiger partial charge in [-0.1, -0.05) is 18.2 Å². The van der Waals surface area contributed by atoms with Crippen molar-refractivity contribution >= 4 is 22.8 Å². The number of hydrogen-bond acceptors (Lipinski definition) is 7. The van der Waals surface area contributed by atoms with Gasteiger partial charge in [-0.05, 0) is 60.9 Å². The van der Waals surface area contributed by atoms with Gasteiger partial charge in [-0.15, -0.1) is 0 Å². The Labute approximate surface area is 208 Å². The van der Waals surface area contributed by atoms with E-state index in [0.29, 0.717) is 58.9 Å². The van der Waals surface area contributed by atoms with Gasteiger partial charge in [-0.3, -0.25) is 4.79 Å². The maximum absolute atomic E-state index is 13.1. The molecular formula is C28H26N2O6. The van der Waals surface area contributed by atoms with Crippen molar-refractivity contribution in [3.8, 4) is 23.0 Å². The summed E-state index contributed by atoms with van der Waals surface area (Å²) in [6.07, 6.45) is 0.677. The van der Waals surface area contributed by atoms with Crippen LogP contribution in [0.25, 0.3) is 22.4 Å². The van der Waals surface area contributed by atoms with Gasteiger partial charge in [0.25, 0.3) is 5.91 Å². The van der Waals surface area contributed by atoms with Crippen LogP contribution in [0.1, 0.15) is 27.2 Å². The number of amides is 1. The summed E-state index contributed by atoms with van der Waals surface area (Å²) in [4.78, 5) is 32.4. The predicted octanol–water partition coefficient (Wildman–Crippen LogP) is 4.56. The number of methoxy groups -OCH3 is 2. The number of nitrogens with zero attached hydrogens (tertiary/aromatic N) is 2. The number of esters is 1. The highest BCUT2D eigenvalue weighted by Gasteiger charge is 2.24. The van der Waals surface area contributed by atoms with Gasteiger partial charge in [-0.25, -0.2) is 9.78 Å². The second kappa shape index (κ2) is 9.73. The van der Waals surface area contributed by atoms with E-state index in [0.717, 1.165) is 16.9 Å². The topological polar surface area (TPSA) is 91.1 Å². The summed E-state index contributed by atoms with van der Waals surface area (Å²) in [5.74, 6) is 1.73. The van der Waals surface area contributed by atoms with Crippen LogP contribution < -0.4 is 9.47 Å². The third-order valence-electron chi connectivity index (χ3n) is 6.33. The lowest BCUT2D eigenvalue weighted by atomic mass is 9.99. The maximum Gasteiger partial charge on any atom is 0.339 e. The smallest absolute Gasteiger partial charge is 0.339 e. The normalized spacial score (nSPS) is 12.8. The summed E-state index contributed by atoms with van der Waals surface area (Å²) in [6.45, 7) is 2.43. The zero-order valence-electron chi connectivity index (χ0n) is 20.4. The number of fused-ring (bicyclic) bond motifs is 2. The minimum atomic E-state index is -0.588. The molecule has 0 saturated heterocycles. The van der Waals surface area contributed by atoms with E-state index in [1.165, 1.54) is 0 Å². The lowest BCUT2D eigenvalue weighted by Crippen LogP contribution is -2.38. The molecule has 0 N–H and O–H groups in total. The molecule has 0 radical (unpaired) electrons. The van der Waals surface area contributed by atoms with E-state index >= 15 is 0 Å². The molecule has 2 aromatic heterocycles. The Morgan fingerprint density at radius 1 is 1.00 bits per heavy atom. The fraction of sp³-hybridized carbons (Fsp3) is 0.250. The molecular weight excluding hydrogens is 460 g/mol. The van der Waals surface area contributed by atoms with E-state index in [1.54, 1.807) is 31.3 Å². The van der Waals surface area contributed by atoms with E-state index in [4.69, 9.17) is 18.6 Å². The van der Waals surface area contributed by atoms with Crippen molar-refractivity contribution in [1.29, 1.82) is 0 Å². The van der Waals surface area contributed by atoms with Crippen molar-refractivity contribution in [3.63, 3.8) is 0 Å². The second-order valence-corrected chi connectivity index (χ2v) is 8.60. The highest BCUT2D eigenvalue weighted by molar-refractivity contribution is 6.05. The molecule has 0 fully saturated rings. The van der Waals surface area contributed by atoms with Gasteiger partial charge < -0.3 is 23.5 Å². The SMILES string of the molecule is COc1cc2c(cc1OC)CN(C(=O)COC(=O)c1cc(-c3ccc(C)o3)nc3ccccc13)CC2. The highest BCUT2D eigenvalue weighted by Crippen LogP contribution is 2.33. The lowest BCUT2D eigenvalue weighted by Gasteiger charge is -2.29. The van der Waals surface area contributed by atoms with Gasteiger partial charge in [0.1, 0.15) is 11.5 Å². The molecule has 1 amide bonds. The van der Waals surface area contributed by atoms with Gasteiger partial charge in [-0.2, -0.15) is 0 Å². The number of pyridine rings is 1. The maximum atomic E-state index is 13.1.